The molecule has 0 bridgehead atoms. The SMILES string of the molecule is COc1ccc(C)cc1-c1c(-c2ccc(C)o2)noc1N. The van der Waals surface area contributed by atoms with Crippen LogP contribution in [0.25, 0.3) is 22.6 Å². The van der Waals surface area contributed by atoms with Gasteiger partial charge in [0.2, 0.25) is 5.88 Å². The maximum atomic E-state index is 5.96. The fraction of sp³-hybridized carbons (Fsp3) is 0.188. The minimum atomic E-state index is 0.239. The molecule has 3 aromatic rings. The number of nitrogens with two attached hydrogens (primary N) is 1. The average molecular weight is 284 g/mol. The monoisotopic (exact) mass is 284 g/mol. The number of benzene rings is 1. The first-order valence-corrected chi connectivity index (χ1v) is 6.57. The molecular weight excluding hydrogens is 268 g/mol. The normalized spacial score (nSPS) is 10.8. The van der Waals surface area contributed by atoms with E-state index in [0.717, 1.165) is 16.9 Å². The first kappa shape index (κ1) is 13.3. The molecule has 5 nitrogen and oxygen atoms in total. The Kier molecular flexibility index (Phi) is 3.17. The van der Waals surface area contributed by atoms with Crippen LogP contribution in [-0.2, 0) is 0 Å². The lowest BCUT2D eigenvalue weighted by atomic mass is 10.0. The number of nitrogens with zero attached hydrogens (tertiary/aromatic N) is 1. The lowest BCUT2D eigenvalue weighted by Gasteiger charge is -2.09. The summed E-state index contributed by atoms with van der Waals surface area (Å²) in [5, 5.41) is 4.03. The Labute approximate surface area is 122 Å². The predicted molar refractivity (Wildman–Crippen MR) is 80.1 cm³/mol. The van der Waals surface area contributed by atoms with Gasteiger partial charge in [-0.25, -0.2) is 0 Å². The van der Waals surface area contributed by atoms with Gasteiger partial charge in [0.25, 0.3) is 0 Å². The van der Waals surface area contributed by atoms with Gasteiger partial charge in [0.05, 0.1) is 12.7 Å². The first-order chi connectivity index (χ1) is 10.1. The first-order valence-electron chi connectivity index (χ1n) is 6.57. The lowest BCUT2D eigenvalue weighted by molar-refractivity contribution is 0.416. The number of anilines is 1. The number of aryl methyl sites for hydroxylation is 2. The Hall–Kier alpha value is -2.69. The Bertz CT molecular complexity index is 787. The zero-order valence-corrected chi connectivity index (χ0v) is 12.1. The summed E-state index contributed by atoms with van der Waals surface area (Å²) >= 11 is 0. The van der Waals surface area contributed by atoms with Gasteiger partial charge in [0.1, 0.15) is 11.5 Å². The van der Waals surface area contributed by atoms with Crippen LogP contribution in [0.3, 0.4) is 0 Å². The van der Waals surface area contributed by atoms with Crippen molar-refractivity contribution in [1.82, 2.24) is 5.16 Å². The van der Waals surface area contributed by atoms with Crippen LogP contribution in [-0.4, -0.2) is 12.3 Å². The Morgan fingerprint density at radius 3 is 2.62 bits per heavy atom. The van der Waals surface area contributed by atoms with Crippen LogP contribution >= 0.6 is 0 Å². The largest absolute Gasteiger partial charge is 0.496 e. The van der Waals surface area contributed by atoms with Crippen molar-refractivity contribution in [2.45, 2.75) is 13.8 Å². The van der Waals surface area contributed by atoms with Gasteiger partial charge in [-0.05, 0) is 38.1 Å². The summed E-state index contributed by atoms with van der Waals surface area (Å²) in [4.78, 5) is 0. The Balaban J connectivity index is 2.24. The van der Waals surface area contributed by atoms with Crippen molar-refractivity contribution in [2.75, 3.05) is 12.8 Å². The summed E-state index contributed by atoms with van der Waals surface area (Å²) in [7, 11) is 1.62. The van der Waals surface area contributed by atoms with Crippen LogP contribution in [0, 0.1) is 13.8 Å². The van der Waals surface area contributed by atoms with Crippen LogP contribution in [0.15, 0.2) is 39.3 Å². The van der Waals surface area contributed by atoms with E-state index in [4.69, 9.17) is 19.4 Å². The minimum Gasteiger partial charge on any atom is -0.496 e. The van der Waals surface area contributed by atoms with E-state index in [1.54, 1.807) is 7.11 Å². The van der Waals surface area contributed by atoms with Gasteiger partial charge in [0, 0.05) is 5.56 Å². The molecule has 2 N–H and O–H groups in total. The molecule has 2 aromatic heterocycles. The van der Waals surface area contributed by atoms with Gasteiger partial charge in [-0.2, -0.15) is 0 Å². The van der Waals surface area contributed by atoms with Gasteiger partial charge >= 0.3 is 0 Å². The summed E-state index contributed by atoms with van der Waals surface area (Å²) in [6, 6.07) is 9.58. The summed E-state index contributed by atoms with van der Waals surface area (Å²) in [6.07, 6.45) is 0. The molecule has 0 aliphatic heterocycles. The number of methoxy groups -OCH3 is 1. The summed E-state index contributed by atoms with van der Waals surface area (Å²) in [5.74, 6) is 2.36. The van der Waals surface area contributed by atoms with E-state index in [-0.39, 0.29) is 5.88 Å². The predicted octanol–water partition coefficient (Wildman–Crippen LogP) is 3.81. The molecule has 3 rings (SSSR count). The molecular formula is C16H16N2O3. The Morgan fingerprint density at radius 1 is 1.14 bits per heavy atom. The van der Waals surface area contributed by atoms with Gasteiger partial charge in [-0.3, -0.25) is 0 Å². The highest BCUT2D eigenvalue weighted by Crippen LogP contribution is 2.41. The van der Waals surface area contributed by atoms with Gasteiger partial charge in [-0.15, -0.1) is 0 Å². The van der Waals surface area contributed by atoms with Gasteiger partial charge < -0.3 is 19.4 Å². The zero-order valence-electron chi connectivity index (χ0n) is 12.1. The lowest BCUT2D eigenvalue weighted by Crippen LogP contribution is -1.92. The highest BCUT2D eigenvalue weighted by atomic mass is 16.5. The average Bonchev–Trinajstić information content (AvgIpc) is 3.04. The molecule has 2 heterocycles. The van der Waals surface area contributed by atoms with E-state index in [0.29, 0.717) is 22.8 Å². The minimum absolute atomic E-state index is 0.239. The molecule has 5 heteroatoms. The second-order valence-electron chi connectivity index (χ2n) is 4.88. The fourth-order valence-electron chi connectivity index (χ4n) is 2.31. The number of hydrogen-bond acceptors (Lipinski definition) is 5. The molecule has 0 aliphatic rings. The third-order valence-corrected chi connectivity index (χ3v) is 3.32. The van der Waals surface area contributed by atoms with E-state index >= 15 is 0 Å². The number of ether oxygens (including phenoxy) is 1. The Morgan fingerprint density at radius 2 is 1.95 bits per heavy atom. The molecule has 0 fully saturated rings. The number of furan rings is 1. The third kappa shape index (κ3) is 2.27. The highest BCUT2D eigenvalue weighted by Gasteiger charge is 2.22. The second-order valence-corrected chi connectivity index (χ2v) is 4.88. The van der Waals surface area contributed by atoms with Gasteiger partial charge in [0.15, 0.2) is 11.5 Å². The molecule has 0 amide bonds. The maximum absolute atomic E-state index is 5.96. The molecule has 0 spiro atoms. The van der Waals surface area contributed by atoms with Crippen molar-refractivity contribution in [3.8, 4) is 28.3 Å². The van der Waals surface area contributed by atoms with E-state index in [9.17, 15) is 0 Å². The number of nitrogen functional groups attached to an aromatic ring is 1. The third-order valence-electron chi connectivity index (χ3n) is 3.32. The molecule has 21 heavy (non-hydrogen) atoms. The number of aromatic nitrogens is 1. The smallest absolute Gasteiger partial charge is 0.230 e. The van der Waals surface area contributed by atoms with Crippen LogP contribution in [0.1, 0.15) is 11.3 Å². The van der Waals surface area contributed by atoms with E-state index in [1.165, 1.54) is 0 Å². The number of hydrogen-bond donors (Lipinski definition) is 1. The van der Waals surface area contributed by atoms with Crippen molar-refractivity contribution in [3.05, 3.63) is 41.7 Å². The molecule has 0 aliphatic carbocycles. The second kappa shape index (κ2) is 5.01. The molecule has 0 saturated heterocycles. The topological polar surface area (TPSA) is 74.4 Å². The number of rotatable bonds is 3. The molecule has 0 saturated carbocycles. The summed E-state index contributed by atoms with van der Waals surface area (Å²) < 4.78 is 16.2. The molecule has 0 atom stereocenters. The van der Waals surface area contributed by atoms with Crippen molar-refractivity contribution in [3.63, 3.8) is 0 Å². The molecule has 0 unspecified atom stereocenters. The summed E-state index contributed by atoms with van der Waals surface area (Å²) in [6.45, 7) is 3.88. The van der Waals surface area contributed by atoms with Gasteiger partial charge in [-0.1, -0.05) is 16.8 Å². The molecule has 108 valence electrons. The highest BCUT2D eigenvalue weighted by molar-refractivity contribution is 5.88. The van der Waals surface area contributed by atoms with Crippen molar-refractivity contribution >= 4 is 5.88 Å². The maximum Gasteiger partial charge on any atom is 0.230 e. The van der Waals surface area contributed by atoms with Crippen LogP contribution in [0.5, 0.6) is 5.75 Å². The van der Waals surface area contributed by atoms with Crippen molar-refractivity contribution < 1.29 is 13.7 Å². The van der Waals surface area contributed by atoms with Crippen molar-refractivity contribution in [2.24, 2.45) is 0 Å². The fourth-order valence-corrected chi connectivity index (χ4v) is 2.31. The molecule has 0 radical (unpaired) electrons. The van der Waals surface area contributed by atoms with E-state index < -0.39 is 0 Å². The molecule has 1 aromatic carbocycles. The van der Waals surface area contributed by atoms with E-state index in [1.807, 2.05) is 44.2 Å². The van der Waals surface area contributed by atoms with E-state index in [2.05, 4.69) is 5.16 Å². The standard InChI is InChI=1S/C16H16N2O3/c1-9-4-6-12(19-3)11(8-9)14-15(18-21-16(14)17)13-7-5-10(2)20-13/h4-8H,17H2,1-3H3. The van der Waals surface area contributed by atoms with Crippen molar-refractivity contribution in [1.29, 1.82) is 0 Å². The van der Waals surface area contributed by atoms with Crippen LogP contribution < -0.4 is 10.5 Å². The quantitative estimate of drug-likeness (QED) is 0.791. The van der Waals surface area contributed by atoms with Crippen LogP contribution in [0.2, 0.25) is 0 Å². The summed E-state index contributed by atoms with van der Waals surface area (Å²) in [5.41, 5.74) is 9.15. The zero-order chi connectivity index (χ0) is 15.0. The van der Waals surface area contributed by atoms with Crippen LogP contribution in [0.4, 0.5) is 5.88 Å².